The first kappa shape index (κ1) is 13.1. The molecule has 0 atom stereocenters. The molecule has 0 saturated carbocycles. The number of furan rings is 1. The summed E-state index contributed by atoms with van der Waals surface area (Å²) in [6.45, 7) is 0.361. The molecule has 0 bridgehead atoms. The fourth-order valence-electron chi connectivity index (χ4n) is 1.86. The summed E-state index contributed by atoms with van der Waals surface area (Å²) in [4.78, 5) is 20.4. The molecule has 1 N–H and O–H groups in total. The van der Waals surface area contributed by atoms with Gasteiger partial charge in [0.15, 0.2) is 0 Å². The van der Waals surface area contributed by atoms with Crippen LogP contribution in [0.4, 0.5) is 0 Å². The highest BCUT2D eigenvalue weighted by atomic mass is 16.3. The number of benzene rings is 1. The van der Waals surface area contributed by atoms with Gasteiger partial charge in [-0.1, -0.05) is 12.1 Å². The highest BCUT2D eigenvalue weighted by Crippen LogP contribution is 2.09. The lowest BCUT2D eigenvalue weighted by molar-refractivity contribution is -0.116. The van der Waals surface area contributed by atoms with Gasteiger partial charge < -0.3 is 9.73 Å². The average molecular weight is 279 g/mol. The van der Waals surface area contributed by atoms with Crippen LogP contribution < -0.4 is 5.32 Å². The van der Waals surface area contributed by atoms with Gasteiger partial charge in [-0.25, -0.2) is 4.98 Å². The second-order valence-electron chi connectivity index (χ2n) is 4.41. The maximum Gasteiger partial charge on any atom is 0.244 e. The van der Waals surface area contributed by atoms with Crippen molar-refractivity contribution in [2.24, 2.45) is 0 Å². The zero-order valence-electron chi connectivity index (χ0n) is 11.2. The summed E-state index contributed by atoms with van der Waals surface area (Å²) in [6, 6.07) is 11.2. The van der Waals surface area contributed by atoms with Gasteiger partial charge in [0.2, 0.25) is 5.91 Å². The molecular formula is C16H13N3O2. The third kappa shape index (κ3) is 3.33. The summed E-state index contributed by atoms with van der Waals surface area (Å²) < 4.78 is 5.13. The molecule has 0 radical (unpaired) electrons. The molecular weight excluding hydrogens is 266 g/mol. The predicted molar refractivity (Wildman–Crippen MR) is 79.1 cm³/mol. The molecule has 0 aliphatic rings. The third-order valence-corrected chi connectivity index (χ3v) is 2.89. The lowest BCUT2D eigenvalue weighted by atomic mass is 10.3. The van der Waals surface area contributed by atoms with Crippen LogP contribution in [-0.2, 0) is 11.3 Å². The molecule has 21 heavy (non-hydrogen) atoms. The third-order valence-electron chi connectivity index (χ3n) is 2.89. The first-order valence-electron chi connectivity index (χ1n) is 6.51. The van der Waals surface area contributed by atoms with E-state index in [1.807, 2.05) is 24.3 Å². The lowest BCUT2D eigenvalue weighted by Gasteiger charge is -1.99. The van der Waals surface area contributed by atoms with E-state index in [0.717, 1.165) is 11.0 Å². The number of hydrogen-bond donors (Lipinski definition) is 1. The Bertz CT molecular complexity index is 779. The molecule has 5 heteroatoms. The van der Waals surface area contributed by atoms with Crippen molar-refractivity contribution in [2.75, 3.05) is 0 Å². The number of nitrogens with zero attached hydrogens (tertiary/aromatic N) is 2. The van der Waals surface area contributed by atoms with Gasteiger partial charge >= 0.3 is 0 Å². The molecule has 3 aromatic rings. The van der Waals surface area contributed by atoms with Crippen LogP contribution in [0.25, 0.3) is 17.1 Å². The van der Waals surface area contributed by atoms with E-state index in [1.165, 1.54) is 6.08 Å². The Hall–Kier alpha value is -2.95. The van der Waals surface area contributed by atoms with E-state index in [2.05, 4.69) is 15.3 Å². The fourth-order valence-corrected chi connectivity index (χ4v) is 1.86. The maximum absolute atomic E-state index is 11.7. The number of aromatic nitrogens is 2. The minimum atomic E-state index is -0.207. The van der Waals surface area contributed by atoms with Gasteiger partial charge in [0, 0.05) is 6.08 Å². The molecule has 5 nitrogen and oxygen atoms in total. The smallest absolute Gasteiger partial charge is 0.244 e. The number of hydrogen-bond acceptors (Lipinski definition) is 4. The van der Waals surface area contributed by atoms with Crippen LogP contribution in [0.1, 0.15) is 11.5 Å². The van der Waals surface area contributed by atoms with E-state index in [1.54, 1.807) is 30.7 Å². The largest absolute Gasteiger partial charge is 0.467 e. The number of para-hydroxylation sites is 2. The Balaban J connectivity index is 1.65. The molecule has 104 valence electrons. The second kappa shape index (κ2) is 6.00. The number of rotatable bonds is 4. The Morgan fingerprint density at radius 1 is 1.19 bits per heavy atom. The summed E-state index contributed by atoms with van der Waals surface area (Å²) in [6.07, 6.45) is 6.28. The van der Waals surface area contributed by atoms with Crippen molar-refractivity contribution in [1.29, 1.82) is 0 Å². The molecule has 1 aromatic carbocycles. The van der Waals surface area contributed by atoms with Crippen molar-refractivity contribution >= 4 is 23.0 Å². The lowest BCUT2D eigenvalue weighted by Crippen LogP contribution is -2.19. The average Bonchev–Trinajstić information content (AvgIpc) is 3.04. The quantitative estimate of drug-likeness (QED) is 0.745. The first-order valence-corrected chi connectivity index (χ1v) is 6.51. The molecule has 2 aromatic heterocycles. The molecule has 1 amide bonds. The first-order chi connectivity index (χ1) is 10.3. The van der Waals surface area contributed by atoms with E-state index in [4.69, 9.17) is 4.42 Å². The van der Waals surface area contributed by atoms with Crippen LogP contribution in [0.3, 0.4) is 0 Å². The highest BCUT2D eigenvalue weighted by molar-refractivity contribution is 5.91. The minimum absolute atomic E-state index is 0.207. The summed E-state index contributed by atoms with van der Waals surface area (Å²) >= 11 is 0. The molecule has 0 saturated heterocycles. The summed E-state index contributed by atoms with van der Waals surface area (Å²) in [5.41, 5.74) is 2.27. The van der Waals surface area contributed by atoms with Gasteiger partial charge in [0.25, 0.3) is 0 Å². The second-order valence-corrected chi connectivity index (χ2v) is 4.41. The van der Waals surface area contributed by atoms with E-state index in [-0.39, 0.29) is 5.91 Å². The number of amides is 1. The van der Waals surface area contributed by atoms with E-state index in [9.17, 15) is 4.79 Å². The van der Waals surface area contributed by atoms with Gasteiger partial charge in [0.1, 0.15) is 5.76 Å². The normalized spacial score (nSPS) is 11.0. The Morgan fingerprint density at radius 2 is 2.05 bits per heavy atom. The predicted octanol–water partition coefficient (Wildman–Crippen LogP) is 2.55. The summed E-state index contributed by atoms with van der Waals surface area (Å²) in [7, 11) is 0. The van der Waals surface area contributed by atoms with Crippen molar-refractivity contribution < 1.29 is 9.21 Å². The van der Waals surface area contributed by atoms with Gasteiger partial charge in [-0.3, -0.25) is 9.78 Å². The van der Waals surface area contributed by atoms with Crippen LogP contribution in [0.5, 0.6) is 0 Å². The number of nitrogens with one attached hydrogen (secondary N) is 1. The minimum Gasteiger partial charge on any atom is -0.467 e. The molecule has 0 fully saturated rings. The highest BCUT2D eigenvalue weighted by Gasteiger charge is 2.00. The van der Waals surface area contributed by atoms with Gasteiger partial charge in [-0.2, -0.15) is 0 Å². The fraction of sp³-hybridized carbons (Fsp3) is 0.0625. The molecule has 0 aliphatic heterocycles. The van der Waals surface area contributed by atoms with Crippen molar-refractivity contribution in [2.45, 2.75) is 6.54 Å². The molecule has 0 unspecified atom stereocenters. The molecule has 0 spiro atoms. The van der Waals surface area contributed by atoms with E-state index in [0.29, 0.717) is 18.0 Å². The standard InChI is InChI=1S/C16H13N3O2/c20-16(18-11-13-4-3-9-21-13)8-7-12-10-17-14-5-1-2-6-15(14)19-12/h1-10H,11H2,(H,18,20)/b8-7+. The SMILES string of the molecule is O=C(/C=C/c1cnc2ccccc2n1)NCc1ccco1. The Kier molecular flexibility index (Phi) is 3.73. The monoisotopic (exact) mass is 279 g/mol. The van der Waals surface area contributed by atoms with Gasteiger partial charge in [-0.15, -0.1) is 0 Å². The number of fused-ring (bicyclic) bond motifs is 1. The molecule has 0 aliphatic carbocycles. The van der Waals surface area contributed by atoms with Crippen molar-refractivity contribution in [3.8, 4) is 0 Å². The van der Waals surface area contributed by atoms with Gasteiger partial charge in [-0.05, 0) is 30.3 Å². The van der Waals surface area contributed by atoms with Crippen molar-refractivity contribution in [3.05, 3.63) is 66.4 Å². The van der Waals surface area contributed by atoms with Crippen LogP contribution in [0, 0.1) is 0 Å². The van der Waals surface area contributed by atoms with Crippen LogP contribution in [-0.4, -0.2) is 15.9 Å². The maximum atomic E-state index is 11.7. The zero-order valence-corrected chi connectivity index (χ0v) is 11.2. The van der Waals surface area contributed by atoms with Crippen LogP contribution in [0.2, 0.25) is 0 Å². The van der Waals surface area contributed by atoms with Crippen molar-refractivity contribution in [3.63, 3.8) is 0 Å². The van der Waals surface area contributed by atoms with Crippen molar-refractivity contribution in [1.82, 2.24) is 15.3 Å². The molecule has 3 rings (SSSR count). The van der Waals surface area contributed by atoms with Crippen LogP contribution >= 0.6 is 0 Å². The topological polar surface area (TPSA) is 68.0 Å². The van der Waals surface area contributed by atoms with Gasteiger partial charge in [0.05, 0.1) is 35.7 Å². The van der Waals surface area contributed by atoms with E-state index < -0.39 is 0 Å². The molecule has 2 heterocycles. The summed E-state index contributed by atoms with van der Waals surface area (Å²) in [5.74, 6) is 0.503. The zero-order chi connectivity index (χ0) is 14.5. The number of carbonyl (C=O) groups is 1. The Labute approximate surface area is 121 Å². The van der Waals surface area contributed by atoms with Crippen LogP contribution in [0.15, 0.2) is 59.4 Å². The summed E-state index contributed by atoms with van der Waals surface area (Å²) in [5, 5.41) is 2.72. The number of carbonyl (C=O) groups excluding carboxylic acids is 1. The Morgan fingerprint density at radius 3 is 2.86 bits per heavy atom. The van der Waals surface area contributed by atoms with E-state index >= 15 is 0 Å².